The number of nitrogens with zero attached hydrogens (tertiary/aromatic N) is 10. The molecule has 1 aliphatic carbocycles. The first-order valence-electron chi connectivity index (χ1n) is 49.2. The Labute approximate surface area is 933 Å². The van der Waals surface area contributed by atoms with Crippen molar-refractivity contribution < 1.29 is 85.2 Å². The van der Waals surface area contributed by atoms with Gasteiger partial charge in [0.2, 0.25) is 0 Å². The molecular formula is C128H130Ir4N10OSi4-8. The van der Waals surface area contributed by atoms with Crippen LogP contribution in [0.1, 0.15) is 72.6 Å². The first-order valence-corrected chi connectivity index (χ1v) is 63.2. The van der Waals surface area contributed by atoms with Gasteiger partial charge in [-0.3, -0.25) is 9.97 Å². The first-order chi connectivity index (χ1) is 68.8. The summed E-state index contributed by atoms with van der Waals surface area (Å²) in [6, 6.07) is 126. The average molecular weight is 2710 g/mol. The van der Waals surface area contributed by atoms with Crippen LogP contribution in [0.4, 0.5) is 0 Å². The van der Waals surface area contributed by atoms with Crippen LogP contribution in [0.25, 0.3) is 112 Å². The number of rotatable bonds is 18. The molecule has 9 heterocycles. The van der Waals surface area contributed by atoms with Crippen molar-refractivity contribution in [1.29, 1.82) is 0 Å². The fourth-order valence-corrected chi connectivity index (χ4v) is 23.6. The minimum Gasteiger partial charge on any atom is -0.505 e. The van der Waals surface area contributed by atoms with Gasteiger partial charge in [-0.15, -0.1) is 267 Å². The van der Waals surface area contributed by atoms with Gasteiger partial charge in [-0.05, 0) is 135 Å². The molecule has 4 radical (unpaired) electrons. The summed E-state index contributed by atoms with van der Waals surface area (Å²) in [5.41, 5.74) is 29.4. The minimum absolute atomic E-state index is 0. The van der Waals surface area contributed by atoms with E-state index < -0.39 is 32.3 Å². The monoisotopic (exact) mass is 2710 g/mol. The van der Waals surface area contributed by atoms with E-state index in [9.17, 15) is 0 Å². The number of ether oxygens (including phenoxy) is 1. The molecule has 2 aliphatic rings. The summed E-state index contributed by atoms with van der Waals surface area (Å²) in [6.07, 6.45) is 27.3. The number of aryl methyl sites for hydroxylation is 4. The molecule has 10 aromatic carbocycles. The maximum absolute atomic E-state index is 5.94. The number of pyridine rings is 7. The summed E-state index contributed by atoms with van der Waals surface area (Å²) in [5.74, 6) is 3.10. The fraction of sp³-hybridized carbons (Fsp3) is 0.203. The van der Waals surface area contributed by atoms with Gasteiger partial charge in [0.1, 0.15) is 18.8 Å². The molecule has 0 saturated heterocycles. The van der Waals surface area contributed by atoms with Crippen LogP contribution in [0.5, 0.6) is 5.75 Å². The first kappa shape index (κ1) is 119. The topological polar surface area (TPSA) is 138 Å². The van der Waals surface area contributed by atoms with E-state index in [-0.39, 0.29) is 86.5 Å². The van der Waals surface area contributed by atoms with Gasteiger partial charge in [-0.1, -0.05) is 294 Å². The van der Waals surface area contributed by atoms with Crippen LogP contribution in [0.3, 0.4) is 0 Å². The van der Waals surface area contributed by atoms with Gasteiger partial charge in [0.15, 0.2) is 0 Å². The van der Waals surface area contributed by atoms with Gasteiger partial charge in [-0.25, -0.2) is 4.98 Å². The molecule has 20 rings (SSSR count). The van der Waals surface area contributed by atoms with E-state index in [2.05, 4.69) is 381 Å². The van der Waals surface area contributed by atoms with E-state index >= 15 is 0 Å². The smallest absolute Gasteiger partial charge is 0.117 e. The minimum atomic E-state index is -1.40. The molecule has 11 nitrogen and oxygen atoms in total. The van der Waals surface area contributed by atoms with Crippen LogP contribution in [0.2, 0.25) is 78.6 Å². The summed E-state index contributed by atoms with van der Waals surface area (Å²) in [6.45, 7) is 46.3. The predicted molar refractivity (Wildman–Crippen MR) is 608 cm³/mol. The molecular weight excluding hydrogens is 2570 g/mol. The number of hydrogen-bond acceptors (Lipinski definition) is 11. The molecule has 0 bridgehead atoms. The molecule has 2 unspecified atom stereocenters. The number of fused-ring (bicyclic) bond motifs is 3. The second-order valence-electron chi connectivity index (χ2n) is 40.6. The molecule has 19 heteroatoms. The van der Waals surface area contributed by atoms with Crippen molar-refractivity contribution in [3.8, 4) is 118 Å². The predicted octanol–water partition coefficient (Wildman–Crippen LogP) is 29.3. The van der Waals surface area contributed by atoms with Crippen LogP contribution >= 0.6 is 0 Å². The Morgan fingerprint density at radius 1 is 0.306 bits per heavy atom. The molecule has 0 spiro atoms. The third-order valence-corrected chi connectivity index (χ3v) is 32.2. The molecule has 2 atom stereocenters. The SMILES string of the molecule is CC(C)Cc1cc(-c2[c-]ccc(-c3ccccc3)c2)ncc1[Si](C)(C)C.CC(C)Cc1cc(-c2[c-]cccc2)ncc1[Si](C)(C)C.Cc1[c-]c(-c2cc(C)c([Si](C)(C)C)cn2)cc(C)c1.Cc1cc(-c2[c-]ccc(-c3ccccc3)c2)ncc1[Si](C)(C)C.[Ir].[Ir].[Ir].[Ir].[c-]1cc2c(cc1-c1ncncn1)OC1C=CC=CC21.[c-]1ccccc1-c1ccccn1.[c-]1ccccc1-c1ccccn1.[c-]1ccccc1-c1ccccn1. The fourth-order valence-electron chi connectivity index (χ4n) is 17.0. The number of aromatic nitrogens is 10. The normalized spacial score (nSPS) is 12.3. The Morgan fingerprint density at radius 2 is 0.667 bits per heavy atom. The van der Waals surface area contributed by atoms with Crippen molar-refractivity contribution in [2.75, 3.05) is 0 Å². The largest absolute Gasteiger partial charge is 0.505 e. The molecule has 1 aliphatic heterocycles. The van der Waals surface area contributed by atoms with E-state index in [1.165, 1.54) is 94.6 Å². The third-order valence-electron chi connectivity index (χ3n) is 23.8. The van der Waals surface area contributed by atoms with Crippen molar-refractivity contribution in [2.24, 2.45) is 11.8 Å². The van der Waals surface area contributed by atoms with E-state index in [4.69, 9.17) is 14.7 Å². The van der Waals surface area contributed by atoms with Crippen LogP contribution in [0.15, 0.2) is 378 Å². The van der Waals surface area contributed by atoms with E-state index in [0.29, 0.717) is 23.6 Å². The van der Waals surface area contributed by atoms with Crippen molar-refractivity contribution >= 4 is 53.0 Å². The van der Waals surface area contributed by atoms with Crippen LogP contribution in [-0.4, -0.2) is 88.2 Å². The van der Waals surface area contributed by atoms with Crippen LogP contribution in [-0.2, 0) is 93.3 Å². The van der Waals surface area contributed by atoms with E-state index in [1.807, 2.05) is 188 Å². The zero-order valence-corrected chi connectivity index (χ0v) is 101. The summed E-state index contributed by atoms with van der Waals surface area (Å²) < 4.78 is 5.94. The van der Waals surface area contributed by atoms with Gasteiger partial charge < -0.3 is 39.6 Å². The van der Waals surface area contributed by atoms with Gasteiger partial charge in [0.05, 0.1) is 38.1 Å². The Morgan fingerprint density at radius 3 is 1.03 bits per heavy atom. The molecule has 758 valence electrons. The Balaban J connectivity index is 0.000000188. The van der Waals surface area contributed by atoms with E-state index in [0.717, 1.165) is 103 Å². The molecule has 0 N–H and O–H groups in total. The quantitative estimate of drug-likeness (QED) is 0.0599. The Bertz CT molecular complexity index is 6820. The summed E-state index contributed by atoms with van der Waals surface area (Å²) in [7, 11) is -5.38. The number of allylic oxidation sites excluding steroid dienone is 2. The molecule has 0 saturated carbocycles. The summed E-state index contributed by atoms with van der Waals surface area (Å²) in [4.78, 5) is 43.6. The van der Waals surface area contributed by atoms with Crippen LogP contribution in [0, 0.1) is 88.1 Å². The van der Waals surface area contributed by atoms with Gasteiger partial charge in [-0.2, -0.15) is 0 Å². The van der Waals surface area contributed by atoms with Crippen molar-refractivity contribution in [1.82, 2.24) is 49.8 Å². The second kappa shape index (κ2) is 57.5. The molecule has 18 aromatic rings. The van der Waals surface area contributed by atoms with Gasteiger partial charge in [0.25, 0.3) is 0 Å². The summed E-state index contributed by atoms with van der Waals surface area (Å²) in [5, 5.41) is 5.85. The zero-order chi connectivity index (χ0) is 101. The van der Waals surface area contributed by atoms with Crippen molar-refractivity contribution in [3.63, 3.8) is 0 Å². The van der Waals surface area contributed by atoms with Crippen molar-refractivity contribution in [3.05, 3.63) is 465 Å². The third kappa shape index (κ3) is 35.6. The van der Waals surface area contributed by atoms with E-state index in [1.54, 1.807) is 18.6 Å². The number of benzene rings is 10. The Kier molecular flexibility index (Phi) is 46.4. The molecule has 0 amide bonds. The molecule has 8 aromatic heterocycles. The van der Waals surface area contributed by atoms with Gasteiger partial charge >= 0.3 is 0 Å². The second-order valence-corrected chi connectivity index (χ2v) is 60.8. The standard InChI is InChI=1S/C24H28NSi.C21H22NSi.C18H24NSi.C17H22NSi.C15H10N3O.3C11H8N.4Ir/c1-18(2)14-22-16-23(25-17-24(22)26(3,4)5)21-13-9-12-20(15-21)19-10-7-6-8-11-19;1-16-13-20(22-15-21(16)23(2,3)4)19-12-8-11-18(14-19)17-9-6-5-7-10-17;1-14(2)11-16-12-17(15-9-7-6-8-10-15)19-13-18(16)20(3,4)5;1-12-7-13(2)9-15(8-12)16-10-14(3)17(11-18-16)19(4,5)6;1-2-4-13-11(3-1)12-6-5-10(7-14(12)19-13)15-17-8-16-9-18-15;3*1-2-6-10(7-3-1)11-8-4-5-9-12-11;;;;/h6-12,15-18H,14H2,1-5H3;5-11,13-15H,1-4H3;6-9,12-14H,11H2,1-5H3;7-8,10-11H,1-6H3;1-4,6-9,11,13H;3*1-6,8-9H;;;;/q8*-1;;;;. The van der Waals surface area contributed by atoms with Crippen molar-refractivity contribution in [2.45, 2.75) is 159 Å². The maximum Gasteiger partial charge on any atom is 0.117 e. The average Bonchev–Trinajstić information content (AvgIpc) is 1.72. The van der Waals surface area contributed by atoms with Crippen LogP contribution < -0.4 is 25.5 Å². The van der Waals surface area contributed by atoms with Gasteiger partial charge in [0, 0.05) is 135 Å². The maximum atomic E-state index is 5.94. The zero-order valence-electron chi connectivity index (χ0n) is 87.7. The molecule has 147 heavy (non-hydrogen) atoms. The Hall–Kier alpha value is -12.0. The molecule has 0 fully saturated rings. The summed E-state index contributed by atoms with van der Waals surface area (Å²) >= 11 is 0. The number of hydrogen-bond donors (Lipinski definition) is 0.